The molecule has 1 saturated heterocycles. The van der Waals surface area contributed by atoms with E-state index in [-0.39, 0.29) is 24.0 Å². The van der Waals surface area contributed by atoms with Crippen LogP contribution in [-0.4, -0.2) is 57.8 Å². The molecule has 3 rings (SSSR count). The molecule has 1 unspecified atom stereocenters. The minimum atomic E-state index is 0. The van der Waals surface area contributed by atoms with Crippen LogP contribution in [0, 0.1) is 0 Å². The summed E-state index contributed by atoms with van der Waals surface area (Å²) in [6.45, 7) is 5.41. The van der Waals surface area contributed by atoms with E-state index >= 15 is 0 Å². The summed E-state index contributed by atoms with van der Waals surface area (Å²) in [4.78, 5) is 6.99. The van der Waals surface area contributed by atoms with E-state index in [2.05, 4.69) is 80.4 Å². The van der Waals surface area contributed by atoms with Crippen molar-refractivity contribution in [2.45, 2.75) is 25.4 Å². The van der Waals surface area contributed by atoms with Gasteiger partial charge in [0.05, 0.1) is 12.6 Å². The average Bonchev–Trinajstić information content (AvgIpc) is 3.32. The molecule has 1 heterocycles. The molecule has 0 radical (unpaired) electrons. The maximum Gasteiger partial charge on any atom is 0.191 e. The topological polar surface area (TPSA) is 60.9 Å². The fourth-order valence-electron chi connectivity index (χ4n) is 3.82. The van der Waals surface area contributed by atoms with Crippen LogP contribution in [0.15, 0.2) is 59.6 Å². The van der Waals surface area contributed by atoms with E-state index in [1.54, 1.807) is 7.11 Å². The third-order valence-electron chi connectivity index (χ3n) is 5.50. The van der Waals surface area contributed by atoms with Gasteiger partial charge in [0.1, 0.15) is 0 Å². The summed E-state index contributed by atoms with van der Waals surface area (Å²) in [5, 5.41) is 10.3. The predicted molar refractivity (Wildman–Crippen MR) is 140 cm³/mol. The molecule has 1 atom stereocenters. The average molecular weight is 537 g/mol. The molecular formula is C24H36IN5O. The Morgan fingerprint density at radius 3 is 2.39 bits per heavy atom. The predicted octanol–water partition coefficient (Wildman–Crippen LogP) is 3.87. The van der Waals surface area contributed by atoms with Crippen LogP contribution in [0.5, 0.6) is 0 Å². The van der Waals surface area contributed by atoms with Gasteiger partial charge in [0.15, 0.2) is 5.96 Å². The second-order valence-electron chi connectivity index (χ2n) is 7.59. The molecule has 1 aliphatic heterocycles. The molecule has 2 aromatic rings. The highest BCUT2D eigenvalue weighted by Gasteiger charge is 2.23. The number of methoxy groups -OCH3 is 1. The zero-order valence-corrected chi connectivity index (χ0v) is 21.0. The molecule has 3 N–H and O–H groups in total. The highest BCUT2D eigenvalue weighted by molar-refractivity contribution is 14.0. The molecule has 0 aliphatic carbocycles. The molecule has 0 bridgehead atoms. The van der Waals surface area contributed by atoms with Gasteiger partial charge in [-0.2, -0.15) is 0 Å². The van der Waals surface area contributed by atoms with Crippen molar-refractivity contribution >= 4 is 35.6 Å². The van der Waals surface area contributed by atoms with Crippen LogP contribution < -0.4 is 16.0 Å². The SMILES string of the molecule is CN=C(NCc1ccc(NCCOC)cc1)NCC(c1ccccc1)N1CCCC1.I. The summed E-state index contributed by atoms with van der Waals surface area (Å²) >= 11 is 0. The van der Waals surface area contributed by atoms with E-state index < -0.39 is 0 Å². The lowest BCUT2D eigenvalue weighted by atomic mass is 10.1. The van der Waals surface area contributed by atoms with Crippen molar-refractivity contribution in [2.75, 3.05) is 52.3 Å². The van der Waals surface area contributed by atoms with Crippen LogP contribution in [0.2, 0.25) is 0 Å². The molecule has 2 aromatic carbocycles. The van der Waals surface area contributed by atoms with Crippen LogP contribution in [0.25, 0.3) is 0 Å². The van der Waals surface area contributed by atoms with E-state index in [1.165, 1.54) is 24.0 Å². The third-order valence-corrected chi connectivity index (χ3v) is 5.50. The van der Waals surface area contributed by atoms with Gasteiger partial charge in [-0.1, -0.05) is 42.5 Å². The summed E-state index contributed by atoms with van der Waals surface area (Å²) in [6, 6.07) is 19.6. The van der Waals surface area contributed by atoms with E-state index in [1.807, 2.05) is 7.05 Å². The highest BCUT2D eigenvalue weighted by atomic mass is 127. The maximum absolute atomic E-state index is 5.07. The second kappa shape index (κ2) is 14.3. The quantitative estimate of drug-likeness (QED) is 0.186. The number of guanidine groups is 1. The van der Waals surface area contributed by atoms with Crippen molar-refractivity contribution in [2.24, 2.45) is 4.99 Å². The Morgan fingerprint density at radius 1 is 1.03 bits per heavy atom. The highest BCUT2D eigenvalue weighted by Crippen LogP contribution is 2.24. The summed E-state index contributed by atoms with van der Waals surface area (Å²) in [7, 11) is 3.54. The number of nitrogens with zero attached hydrogens (tertiary/aromatic N) is 2. The monoisotopic (exact) mass is 537 g/mol. The van der Waals surface area contributed by atoms with E-state index in [0.29, 0.717) is 12.6 Å². The van der Waals surface area contributed by atoms with Gasteiger partial charge in [0.25, 0.3) is 0 Å². The minimum Gasteiger partial charge on any atom is -0.383 e. The number of ether oxygens (including phenoxy) is 1. The number of aliphatic imine (C=N–C) groups is 1. The molecule has 0 spiro atoms. The zero-order chi connectivity index (χ0) is 21.0. The molecule has 170 valence electrons. The molecule has 6 nitrogen and oxygen atoms in total. The van der Waals surface area contributed by atoms with Crippen LogP contribution in [0.3, 0.4) is 0 Å². The number of halogens is 1. The first-order chi connectivity index (χ1) is 14.8. The molecular weight excluding hydrogens is 501 g/mol. The van der Waals surface area contributed by atoms with E-state index in [4.69, 9.17) is 4.74 Å². The summed E-state index contributed by atoms with van der Waals surface area (Å²) in [5.74, 6) is 0.831. The van der Waals surface area contributed by atoms with Crippen LogP contribution in [-0.2, 0) is 11.3 Å². The lowest BCUT2D eigenvalue weighted by Gasteiger charge is -2.29. The number of benzene rings is 2. The Morgan fingerprint density at radius 2 is 1.74 bits per heavy atom. The number of rotatable bonds is 10. The molecule has 7 heteroatoms. The minimum absolute atomic E-state index is 0. The number of hydrogen-bond acceptors (Lipinski definition) is 4. The van der Waals surface area contributed by atoms with Gasteiger partial charge in [-0.05, 0) is 49.2 Å². The summed E-state index contributed by atoms with van der Waals surface area (Å²) in [6.07, 6.45) is 2.57. The molecule has 1 aliphatic rings. The van der Waals surface area contributed by atoms with Gasteiger partial charge in [0, 0.05) is 39.5 Å². The first kappa shape index (κ1) is 25.4. The van der Waals surface area contributed by atoms with Gasteiger partial charge >= 0.3 is 0 Å². The smallest absolute Gasteiger partial charge is 0.191 e. The van der Waals surface area contributed by atoms with Crippen molar-refractivity contribution in [3.05, 3.63) is 65.7 Å². The standard InChI is InChI=1S/C24H35N5O.HI/c1-25-24(27-18-20-10-12-22(13-11-20)26-14-17-30-2)28-19-23(29-15-6-7-16-29)21-8-4-3-5-9-21;/h3-5,8-13,23,26H,6-7,14-19H2,1-2H3,(H2,25,27,28);1H. The Hall–Kier alpha value is -1.84. The normalized spacial score (nSPS) is 15.2. The fraction of sp³-hybridized carbons (Fsp3) is 0.458. The molecule has 1 fully saturated rings. The van der Waals surface area contributed by atoms with Gasteiger partial charge < -0.3 is 20.7 Å². The van der Waals surface area contributed by atoms with Crippen LogP contribution >= 0.6 is 24.0 Å². The Kier molecular flexibility index (Phi) is 11.7. The fourth-order valence-corrected chi connectivity index (χ4v) is 3.82. The number of nitrogens with one attached hydrogen (secondary N) is 3. The number of hydrogen-bond donors (Lipinski definition) is 3. The van der Waals surface area contributed by atoms with Gasteiger partial charge in [-0.25, -0.2) is 0 Å². The van der Waals surface area contributed by atoms with E-state index in [0.717, 1.165) is 44.4 Å². The third kappa shape index (κ3) is 8.31. The number of likely N-dealkylation sites (tertiary alicyclic amines) is 1. The largest absolute Gasteiger partial charge is 0.383 e. The lowest BCUT2D eigenvalue weighted by Crippen LogP contribution is -2.42. The van der Waals surface area contributed by atoms with Gasteiger partial charge in [0.2, 0.25) is 0 Å². The summed E-state index contributed by atoms with van der Waals surface area (Å²) < 4.78 is 5.07. The molecule has 0 saturated carbocycles. The summed E-state index contributed by atoms with van der Waals surface area (Å²) in [5.41, 5.74) is 3.68. The number of anilines is 1. The van der Waals surface area contributed by atoms with Gasteiger partial charge in [-0.3, -0.25) is 9.89 Å². The Bertz CT molecular complexity index is 763. The first-order valence-electron chi connectivity index (χ1n) is 10.9. The van der Waals surface area contributed by atoms with E-state index in [9.17, 15) is 0 Å². The van der Waals surface area contributed by atoms with Crippen LogP contribution in [0.1, 0.15) is 30.0 Å². The van der Waals surface area contributed by atoms with Crippen molar-refractivity contribution in [1.29, 1.82) is 0 Å². The Balaban J connectivity index is 0.00000341. The lowest BCUT2D eigenvalue weighted by molar-refractivity contribution is 0.211. The van der Waals surface area contributed by atoms with Crippen molar-refractivity contribution in [3.63, 3.8) is 0 Å². The molecule has 0 amide bonds. The van der Waals surface area contributed by atoms with Crippen molar-refractivity contribution < 1.29 is 4.74 Å². The zero-order valence-electron chi connectivity index (χ0n) is 18.6. The Labute approximate surface area is 203 Å². The second-order valence-corrected chi connectivity index (χ2v) is 7.59. The molecule has 0 aromatic heterocycles. The maximum atomic E-state index is 5.07. The first-order valence-corrected chi connectivity index (χ1v) is 10.9. The van der Waals surface area contributed by atoms with Crippen molar-refractivity contribution in [1.82, 2.24) is 15.5 Å². The molecule has 31 heavy (non-hydrogen) atoms. The van der Waals surface area contributed by atoms with Crippen LogP contribution in [0.4, 0.5) is 5.69 Å². The van der Waals surface area contributed by atoms with Gasteiger partial charge in [-0.15, -0.1) is 24.0 Å². The van der Waals surface area contributed by atoms with Crippen molar-refractivity contribution in [3.8, 4) is 0 Å².